The zero-order valence-corrected chi connectivity index (χ0v) is 13.7. The molecule has 1 aromatic carbocycles. The summed E-state index contributed by atoms with van der Waals surface area (Å²) in [6.45, 7) is 0.553. The van der Waals surface area contributed by atoms with Crippen LogP contribution in [-0.4, -0.2) is 59.1 Å². The molecule has 1 atom stereocenters. The topological polar surface area (TPSA) is 83.1 Å². The average molecular weight is 325 g/mol. The summed E-state index contributed by atoms with van der Waals surface area (Å²) < 4.78 is 20.0. The van der Waals surface area contributed by atoms with Gasteiger partial charge in [-0.1, -0.05) is 18.2 Å². The molecule has 1 aromatic rings. The first-order chi connectivity index (χ1) is 11.1. The van der Waals surface area contributed by atoms with E-state index < -0.39 is 17.9 Å². The quantitative estimate of drug-likeness (QED) is 0.500. The van der Waals surface area contributed by atoms with Crippen molar-refractivity contribution in [3.8, 4) is 5.75 Å². The van der Waals surface area contributed by atoms with Gasteiger partial charge in [-0.2, -0.15) is 0 Å². The SMILES string of the molecule is COCCOCC(=O)N[C@@H](Cc1ccccc1OC)C(=O)OC. The molecule has 128 valence electrons. The van der Waals surface area contributed by atoms with Crippen LogP contribution in [0.15, 0.2) is 24.3 Å². The van der Waals surface area contributed by atoms with Gasteiger partial charge in [0.2, 0.25) is 5.91 Å². The van der Waals surface area contributed by atoms with Crippen molar-refractivity contribution >= 4 is 11.9 Å². The lowest BCUT2D eigenvalue weighted by atomic mass is 10.0. The molecule has 0 heterocycles. The second kappa shape index (κ2) is 10.6. The van der Waals surface area contributed by atoms with Gasteiger partial charge in [0.05, 0.1) is 27.4 Å². The van der Waals surface area contributed by atoms with Crippen molar-refractivity contribution in [2.75, 3.05) is 41.2 Å². The first-order valence-electron chi connectivity index (χ1n) is 7.18. The summed E-state index contributed by atoms with van der Waals surface area (Å²) in [5.41, 5.74) is 0.797. The lowest BCUT2D eigenvalue weighted by Gasteiger charge is -2.18. The maximum absolute atomic E-state index is 11.9. The van der Waals surface area contributed by atoms with Gasteiger partial charge in [-0.15, -0.1) is 0 Å². The molecule has 0 saturated carbocycles. The largest absolute Gasteiger partial charge is 0.496 e. The molecule has 0 bridgehead atoms. The second-order valence-corrected chi connectivity index (χ2v) is 4.70. The molecule has 0 aliphatic rings. The smallest absolute Gasteiger partial charge is 0.328 e. The highest BCUT2D eigenvalue weighted by atomic mass is 16.5. The molecule has 0 unspecified atom stereocenters. The Bertz CT molecular complexity index is 505. The van der Waals surface area contributed by atoms with Crippen molar-refractivity contribution in [3.63, 3.8) is 0 Å². The summed E-state index contributed by atoms with van der Waals surface area (Å²) in [7, 11) is 4.37. The molecule has 0 spiro atoms. The van der Waals surface area contributed by atoms with Gasteiger partial charge in [-0.05, 0) is 11.6 Å². The summed E-state index contributed by atoms with van der Waals surface area (Å²) in [5.74, 6) is -0.278. The van der Waals surface area contributed by atoms with E-state index in [2.05, 4.69) is 5.32 Å². The maximum Gasteiger partial charge on any atom is 0.328 e. The van der Waals surface area contributed by atoms with Crippen molar-refractivity contribution in [3.05, 3.63) is 29.8 Å². The molecule has 1 amide bonds. The summed E-state index contributed by atoms with van der Waals surface area (Å²) in [5, 5.41) is 2.61. The number of ether oxygens (including phenoxy) is 4. The third-order valence-electron chi connectivity index (χ3n) is 3.10. The van der Waals surface area contributed by atoms with Crippen LogP contribution >= 0.6 is 0 Å². The van der Waals surface area contributed by atoms with Gasteiger partial charge < -0.3 is 24.3 Å². The predicted octanol–water partition coefficient (Wildman–Crippen LogP) is 0.559. The Hall–Kier alpha value is -2.12. The Morgan fingerprint density at radius 1 is 1.13 bits per heavy atom. The number of benzene rings is 1. The number of nitrogens with one attached hydrogen (secondary N) is 1. The molecule has 7 nitrogen and oxygen atoms in total. The average Bonchev–Trinajstić information content (AvgIpc) is 2.57. The predicted molar refractivity (Wildman–Crippen MR) is 83.3 cm³/mol. The van der Waals surface area contributed by atoms with Crippen molar-refractivity contribution in [1.29, 1.82) is 0 Å². The van der Waals surface area contributed by atoms with E-state index in [1.807, 2.05) is 18.2 Å². The first-order valence-corrected chi connectivity index (χ1v) is 7.18. The van der Waals surface area contributed by atoms with E-state index in [1.165, 1.54) is 7.11 Å². The number of hydrogen-bond acceptors (Lipinski definition) is 6. The van der Waals surface area contributed by atoms with Crippen LogP contribution in [-0.2, 0) is 30.2 Å². The lowest BCUT2D eigenvalue weighted by Crippen LogP contribution is -2.44. The summed E-state index contributed by atoms with van der Waals surface area (Å²) >= 11 is 0. The molecule has 1 N–H and O–H groups in total. The summed E-state index contributed by atoms with van der Waals surface area (Å²) in [6.07, 6.45) is 0.264. The molecule has 23 heavy (non-hydrogen) atoms. The standard InChI is InChI=1S/C16H23NO6/c1-20-8-9-23-11-15(18)17-13(16(19)22-3)10-12-6-4-5-7-14(12)21-2/h4-7,13H,8-11H2,1-3H3,(H,17,18)/t13-/m0/s1. The summed E-state index contributed by atoms with van der Waals surface area (Å²) in [6, 6.07) is 6.48. The lowest BCUT2D eigenvalue weighted by molar-refractivity contribution is -0.145. The van der Waals surface area contributed by atoms with Gasteiger partial charge in [-0.3, -0.25) is 4.79 Å². The Kier molecular flexibility index (Phi) is 8.71. The van der Waals surface area contributed by atoms with Gasteiger partial charge in [0.15, 0.2) is 0 Å². The van der Waals surface area contributed by atoms with Crippen LogP contribution in [0.4, 0.5) is 0 Å². The fraction of sp³-hybridized carbons (Fsp3) is 0.500. The second-order valence-electron chi connectivity index (χ2n) is 4.70. The van der Waals surface area contributed by atoms with Crippen LogP contribution < -0.4 is 10.1 Å². The fourth-order valence-electron chi connectivity index (χ4n) is 1.97. The monoisotopic (exact) mass is 325 g/mol. The number of para-hydroxylation sites is 1. The maximum atomic E-state index is 11.9. The Labute approximate surface area is 135 Å². The minimum Gasteiger partial charge on any atom is -0.496 e. The van der Waals surface area contributed by atoms with E-state index in [-0.39, 0.29) is 13.0 Å². The molecule has 0 saturated heterocycles. The van der Waals surface area contributed by atoms with Crippen LogP contribution in [0, 0.1) is 0 Å². The van der Waals surface area contributed by atoms with Crippen LogP contribution in [0.25, 0.3) is 0 Å². The van der Waals surface area contributed by atoms with Crippen molar-refractivity contribution in [1.82, 2.24) is 5.32 Å². The number of esters is 1. The highest BCUT2D eigenvalue weighted by Crippen LogP contribution is 2.19. The van der Waals surface area contributed by atoms with E-state index in [4.69, 9.17) is 18.9 Å². The molecule has 7 heteroatoms. The number of carbonyl (C=O) groups excluding carboxylic acids is 2. The molecular formula is C16H23NO6. The van der Waals surface area contributed by atoms with Crippen molar-refractivity contribution in [2.45, 2.75) is 12.5 Å². The molecule has 0 radical (unpaired) electrons. The van der Waals surface area contributed by atoms with Crippen molar-refractivity contribution < 1.29 is 28.5 Å². The molecular weight excluding hydrogens is 302 g/mol. The highest BCUT2D eigenvalue weighted by Gasteiger charge is 2.23. The van der Waals surface area contributed by atoms with Gasteiger partial charge in [0.25, 0.3) is 0 Å². The van der Waals surface area contributed by atoms with Gasteiger partial charge in [0.1, 0.15) is 18.4 Å². The van der Waals surface area contributed by atoms with E-state index in [9.17, 15) is 9.59 Å². The Morgan fingerprint density at radius 2 is 1.87 bits per heavy atom. The number of carbonyl (C=O) groups is 2. The summed E-state index contributed by atoms with van der Waals surface area (Å²) in [4.78, 5) is 23.8. The zero-order valence-electron chi connectivity index (χ0n) is 13.7. The normalized spacial score (nSPS) is 11.6. The Morgan fingerprint density at radius 3 is 2.52 bits per heavy atom. The molecule has 1 rings (SSSR count). The van der Waals surface area contributed by atoms with Crippen LogP contribution in [0.1, 0.15) is 5.56 Å². The van der Waals surface area contributed by atoms with E-state index in [1.54, 1.807) is 20.3 Å². The van der Waals surface area contributed by atoms with Gasteiger partial charge >= 0.3 is 5.97 Å². The molecule has 0 aliphatic heterocycles. The number of methoxy groups -OCH3 is 3. The number of rotatable bonds is 10. The van der Waals surface area contributed by atoms with E-state index >= 15 is 0 Å². The fourth-order valence-corrected chi connectivity index (χ4v) is 1.97. The van der Waals surface area contributed by atoms with E-state index in [0.717, 1.165) is 5.56 Å². The van der Waals surface area contributed by atoms with Crippen LogP contribution in [0.2, 0.25) is 0 Å². The Balaban J connectivity index is 2.66. The highest BCUT2D eigenvalue weighted by molar-refractivity contribution is 5.85. The van der Waals surface area contributed by atoms with Gasteiger partial charge in [-0.25, -0.2) is 4.79 Å². The molecule has 0 fully saturated rings. The zero-order chi connectivity index (χ0) is 17.1. The van der Waals surface area contributed by atoms with Crippen molar-refractivity contribution in [2.24, 2.45) is 0 Å². The van der Waals surface area contributed by atoms with Crippen LogP contribution in [0.5, 0.6) is 5.75 Å². The number of hydrogen-bond donors (Lipinski definition) is 1. The third kappa shape index (κ3) is 6.66. The first kappa shape index (κ1) is 18.9. The minimum atomic E-state index is -0.810. The minimum absolute atomic E-state index is 0.150. The third-order valence-corrected chi connectivity index (χ3v) is 3.10. The molecule has 0 aliphatic carbocycles. The van der Waals surface area contributed by atoms with Gasteiger partial charge in [0, 0.05) is 13.5 Å². The molecule has 0 aromatic heterocycles. The number of amides is 1. The van der Waals surface area contributed by atoms with Crippen LogP contribution in [0.3, 0.4) is 0 Å². The van der Waals surface area contributed by atoms with E-state index in [0.29, 0.717) is 19.0 Å².